The van der Waals surface area contributed by atoms with Gasteiger partial charge in [0.15, 0.2) is 0 Å². The Morgan fingerprint density at radius 1 is 0.697 bits per heavy atom. The van der Waals surface area contributed by atoms with E-state index in [1.54, 1.807) is 0 Å². The minimum absolute atomic E-state index is 0.934. The molecule has 0 saturated carbocycles. The van der Waals surface area contributed by atoms with Gasteiger partial charge in [0, 0.05) is 35.2 Å². The number of para-hydroxylation sites is 1. The molecule has 6 aromatic rings. The Hall–Kier alpha value is -4.18. The number of hydrogen-bond acceptors (Lipinski definition) is 2. The Morgan fingerprint density at radius 2 is 1.48 bits per heavy atom. The third-order valence-electron chi connectivity index (χ3n) is 6.31. The highest BCUT2D eigenvalue weighted by molar-refractivity contribution is 6.08. The van der Waals surface area contributed by atoms with Crippen molar-refractivity contribution in [1.82, 2.24) is 19.1 Å². The number of hydrogen-bond donors (Lipinski definition) is 0. The molecule has 0 bridgehead atoms. The van der Waals surface area contributed by atoms with E-state index in [4.69, 9.17) is 9.97 Å². The molecular formula is C29H24N4. The normalized spacial score (nSPS) is 11.5. The maximum atomic E-state index is 4.76. The molecule has 160 valence electrons. The molecule has 4 nitrogen and oxygen atoms in total. The number of pyridine rings is 1. The standard InChI is InChI=1S/C29H24N4/c1-19-16-20(2)28(21(3)17-19)32-15-14-31-29(32)22-11-12-25-24(18-22)27-26(10-7-13-30-27)33(25)23-8-5-4-6-9-23/h4-18H,1-3H3. The fraction of sp³-hybridized carbons (Fsp3) is 0.103. The van der Waals surface area contributed by atoms with E-state index in [9.17, 15) is 0 Å². The monoisotopic (exact) mass is 428 g/mol. The van der Waals surface area contributed by atoms with Crippen molar-refractivity contribution >= 4 is 21.9 Å². The molecule has 0 spiro atoms. The van der Waals surface area contributed by atoms with E-state index in [0.717, 1.165) is 39.0 Å². The van der Waals surface area contributed by atoms with Gasteiger partial charge in [-0.15, -0.1) is 0 Å². The molecule has 0 radical (unpaired) electrons. The predicted molar refractivity (Wildman–Crippen MR) is 135 cm³/mol. The van der Waals surface area contributed by atoms with Crippen molar-refractivity contribution in [3.63, 3.8) is 0 Å². The van der Waals surface area contributed by atoms with Gasteiger partial charge in [0.2, 0.25) is 0 Å². The van der Waals surface area contributed by atoms with Crippen LogP contribution < -0.4 is 0 Å². The molecule has 3 aromatic carbocycles. The van der Waals surface area contributed by atoms with Crippen molar-refractivity contribution < 1.29 is 0 Å². The van der Waals surface area contributed by atoms with Crippen molar-refractivity contribution in [2.45, 2.75) is 20.8 Å². The van der Waals surface area contributed by atoms with Crippen LogP contribution in [0.3, 0.4) is 0 Å². The first kappa shape index (κ1) is 19.5. The molecule has 3 aromatic heterocycles. The van der Waals surface area contributed by atoms with Gasteiger partial charge in [0.1, 0.15) is 5.82 Å². The molecule has 0 fully saturated rings. The minimum atomic E-state index is 0.934. The fourth-order valence-electron chi connectivity index (χ4n) is 5.08. The molecule has 0 amide bonds. The van der Waals surface area contributed by atoms with E-state index in [-0.39, 0.29) is 0 Å². The van der Waals surface area contributed by atoms with Crippen LogP contribution in [-0.4, -0.2) is 19.1 Å². The van der Waals surface area contributed by atoms with Gasteiger partial charge >= 0.3 is 0 Å². The Labute approximate surface area is 192 Å². The number of fused-ring (bicyclic) bond motifs is 3. The van der Waals surface area contributed by atoms with Gasteiger partial charge in [-0.25, -0.2) is 4.98 Å². The summed E-state index contributed by atoms with van der Waals surface area (Å²) in [4.78, 5) is 9.50. The summed E-state index contributed by atoms with van der Waals surface area (Å²) in [7, 11) is 0. The van der Waals surface area contributed by atoms with Gasteiger partial charge in [0.25, 0.3) is 0 Å². The number of aromatic nitrogens is 4. The van der Waals surface area contributed by atoms with Gasteiger partial charge in [0.05, 0.1) is 22.2 Å². The van der Waals surface area contributed by atoms with Gasteiger partial charge < -0.3 is 4.57 Å². The summed E-state index contributed by atoms with van der Waals surface area (Å²) in [6.45, 7) is 6.47. The van der Waals surface area contributed by atoms with Crippen molar-refractivity contribution in [3.8, 4) is 22.8 Å². The SMILES string of the molecule is Cc1cc(C)c(-n2ccnc2-c2ccc3c(c2)c2ncccc2n3-c2ccccc2)c(C)c1. The number of nitrogens with zero attached hydrogens (tertiary/aromatic N) is 4. The molecule has 0 aliphatic carbocycles. The first-order valence-corrected chi connectivity index (χ1v) is 11.2. The zero-order valence-corrected chi connectivity index (χ0v) is 18.9. The average Bonchev–Trinajstić information content (AvgIpc) is 3.41. The third-order valence-corrected chi connectivity index (χ3v) is 6.31. The molecule has 0 saturated heterocycles. The van der Waals surface area contributed by atoms with Crippen LogP contribution in [0.1, 0.15) is 16.7 Å². The van der Waals surface area contributed by atoms with Gasteiger partial charge in [-0.3, -0.25) is 9.55 Å². The van der Waals surface area contributed by atoms with E-state index in [2.05, 4.69) is 96.8 Å². The minimum Gasteiger partial charge on any atom is -0.308 e. The summed E-state index contributed by atoms with van der Waals surface area (Å²) in [6, 6.07) is 25.6. The van der Waals surface area contributed by atoms with Gasteiger partial charge in [-0.2, -0.15) is 0 Å². The lowest BCUT2D eigenvalue weighted by atomic mass is 10.0. The lowest BCUT2D eigenvalue weighted by Crippen LogP contribution is -2.02. The Balaban J connectivity index is 1.60. The first-order chi connectivity index (χ1) is 16.1. The predicted octanol–water partition coefficient (Wildman–Crippen LogP) is 6.96. The van der Waals surface area contributed by atoms with Crippen molar-refractivity contribution in [2.24, 2.45) is 0 Å². The van der Waals surface area contributed by atoms with E-state index < -0.39 is 0 Å². The molecular weight excluding hydrogens is 404 g/mol. The van der Waals surface area contributed by atoms with Gasteiger partial charge in [-0.05, 0) is 74.4 Å². The molecule has 0 unspecified atom stereocenters. The van der Waals surface area contributed by atoms with Crippen LogP contribution in [0.5, 0.6) is 0 Å². The zero-order valence-electron chi connectivity index (χ0n) is 18.9. The van der Waals surface area contributed by atoms with Crippen LogP contribution >= 0.6 is 0 Å². The molecule has 6 rings (SSSR count). The van der Waals surface area contributed by atoms with Crippen LogP contribution in [0.2, 0.25) is 0 Å². The van der Waals surface area contributed by atoms with E-state index in [1.165, 1.54) is 22.4 Å². The van der Waals surface area contributed by atoms with E-state index in [1.807, 2.05) is 24.5 Å². The number of imidazole rings is 1. The quantitative estimate of drug-likeness (QED) is 0.305. The average molecular weight is 429 g/mol. The van der Waals surface area contributed by atoms with Crippen molar-refractivity contribution in [1.29, 1.82) is 0 Å². The molecule has 0 atom stereocenters. The Kier molecular flexibility index (Phi) is 4.40. The second-order valence-corrected chi connectivity index (χ2v) is 8.64. The lowest BCUT2D eigenvalue weighted by Gasteiger charge is -2.15. The smallest absolute Gasteiger partial charge is 0.144 e. The zero-order chi connectivity index (χ0) is 22.5. The summed E-state index contributed by atoms with van der Waals surface area (Å²) >= 11 is 0. The highest BCUT2D eigenvalue weighted by Crippen LogP contribution is 2.34. The Bertz CT molecular complexity index is 1610. The lowest BCUT2D eigenvalue weighted by molar-refractivity contribution is 1.03. The van der Waals surface area contributed by atoms with Crippen LogP contribution in [0.4, 0.5) is 0 Å². The van der Waals surface area contributed by atoms with Crippen molar-refractivity contribution in [3.05, 3.63) is 108 Å². The summed E-state index contributed by atoms with van der Waals surface area (Å²) in [5.41, 5.74) is 10.4. The number of rotatable bonds is 3. The van der Waals surface area contributed by atoms with E-state index >= 15 is 0 Å². The Morgan fingerprint density at radius 3 is 2.27 bits per heavy atom. The first-order valence-electron chi connectivity index (χ1n) is 11.2. The maximum absolute atomic E-state index is 4.76. The fourth-order valence-corrected chi connectivity index (χ4v) is 5.08. The van der Waals surface area contributed by atoms with Crippen LogP contribution in [0.25, 0.3) is 44.7 Å². The van der Waals surface area contributed by atoms with Crippen LogP contribution in [0.15, 0.2) is 91.4 Å². The molecule has 3 heterocycles. The molecule has 0 aliphatic rings. The largest absolute Gasteiger partial charge is 0.308 e. The van der Waals surface area contributed by atoms with E-state index in [0.29, 0.717) is 0 Å². The number of aryl methyl sites for hydroxylation is 3. The van der Waals surface area contributed by atoms with Gasteiger partial charge in [-0.1, -0.05) is 35.9 Å². The molecule has 0 N–H and O–H groups in total. The second kappa shape index (κ2) is 7.45. The summed E-state index contributed by atoms with van der Waals surface area (Å²) in [6.07, 6.45) is 5.79. The molecule has 0 aliphatic heterocycles. The second-order valence-electron chi connectivity index (χ2n) is 8.64. The third kappa shape index (κ3) is 3.06. The summed E-state index contributed by atoms with van der Waals surface area (Å²) in [5.74, 6) is 0.934. The molecule has 33 heavy (non-hydrogen) atoms. The van der Waals surface area contributed by atoms with Crippen molar-refractivity contribution in [2.75, 3.05) is 0 Å². The van der Waals surface area contributed by atoms with Crippen LogP contribution in [-0.2, 0) is 0 Å². The summed E-state index contributed by atoms with van der Waals surface area (Å²) < 4.78 is 4.48. The number of benzene rings is 3. The highest BCUT2D eigenvalue weighted by atomic mass is 15.1. The highest BCUT2D eigenvalue weighted by Gasteiger charge is 2.17. The maximum Gasteiger partial charge on any atom is 0.144 e. The molecule has 4 heteroatoms. The summed E-state index contributed by atoms with van der Waals surface area (Å²) in [5, 5.41) is 1.12. The van der Waals surface area contributed by atoms with Crippen LogP contribution in [0, 0.1) is 20.8 Å². The topological polar surface area (TPSA) is 35.6 Å².